The Hall–Kier alpha value is -0.0900. The Labute approximate surface area is 111 Å². The van der Waals surface area contributed by atoms with Crippen molar-refractivity contribution >= 4 is 22.9 Å². The highest BCUT2D eigenvalue weighted by Gasteiger charge is 2.40. The molecule has 2 aliphatic rings. The fourth-order valence-electron chi connectivity index (χ4n) is 3.24. The van der Waals surface area contributed by atoms with Gasteiger partial charge in [0.15, 0.2) is 0 Å². The third-order valence-corrected chi connectivity index (χ3v) is 5.34. The molecule has 0 spiro atoms. The van der Waals surface area contributed by atoms with Crippen LogP contribution in [-0.4, -0.2) is 34.7 Å². The fraction of sp³-hybridized carbons (Fsp3) is 0.692. The number of aliphatic hydroxyl groups is 1. The van der Waals surface area contributed by atoms with Crippen LogP contribution in [0.3, 0.4) is 0 Å². The predicted molar refractivity (Wildman–Crippen MR) is 71.8 cm³/mol. The van der Waals surface area contributed by atoms with Crippen LogP contribution in [0.5, 0.6) is 0 Å². The maximum Gasteiger partial charge on any atom is 0.0931 e. The number of hydrogen-bond acceptors (Lipinski definition) is 3. The Balaban J connectivity index is 1.69. The monoisotopic (exact) mass is 271 g/mol. The molecule has 2 saturated heterocycles. The smallest absolute Gasteiger partial charge is 0.0931 e. The van der Waals surface area contributed by atoms with Gasteiger partial charge in [-0.2, -0.15) is 0 Å². The van der Waals surface area contributed by atoms with Crippen LogP contribution in [0.15, 0.2) is 12.1 Å². The lowest BCUT2D eigenvalue weighted by Crippen LogP contribution is -2.48. The molecule has 0 aliphatic carbocycles. The van der Waals surface area contributed by atoms with E-state index in [4.69, 9.17) is 11.6 Å². The van der Waals surface area contributed by atoms with E-state index in [0.717, 1.165) is 30.1 Å². The van der Waals surface area contributed by atoms with E-state index in [1.165, 1.54) is 24.3 Å². The summed E-state index contributed by atoms with van der Waals surface area (Å²) >= 11 is 7.54. The molecular formula is C13H18ClNOS. The third kappa shape index (κ3) is 2.53. The molecule has 0 radical (unpaired) electrons. The first-order valence-corrected chi connectivity index (χ1v) is 7.55. The van der Waals surface area contributed by atoms with Crippen LogP contribution in [-0.2, 0) is 6.42 Å². The maximum absolute atomic E-state index is 10.7. The third-order valence-electron chi connectivity index (χ3n) is 4.11. The summed E-state index contributed by atoms with van der Waals surface area (Å²) in [7, 11) is 0. The van der Waals surface area contributed by atoms with Gasteiger partial charge in [-0.25, -0.2) is 0 Å². The van der Waals surface area contributed by atoms with E-state index >= 15 is 0 Å². The summed E-state index contributed by atoms with van der Waals surface area (Å²) in [6, 6.07) is 4.59. The van der Waals surface area contributed by atoms with Gasteiger partial charge in [-0.05, 0) is 44.4 Å². The van der Waals surface area contributed by atoms with Gasteiger partial charge in [0.25, 0.3) is 0 Å². The topological polar surface area (TPSA) is 23.5 Å². The van der Waals surface area contributed by atoms with E-state index < -0.39 is 5.60 Å². The number of nitrogens with zero attached hydrogens (tertiary/aromatic N) is 1. The van der Waals surface area contributed by atoms with E-state index in [2.05, 4.69) is 4.90 Å². The molecule has 2 aliphatic heterocycles. The lowest BCUT2D eigenvalue weighted by Gasteiger charge is -2.40. The minimum absolute atomic E-state index is 0.500. The van der Waals surface area contributed by atoms with Crippen LogP contribution in [0.2, 0.25) is 4.34 Å². The number of halogens is 1. The molecule has 0 bridgehead atoms. The minimum Gasteiger partial charge on any atom is -0.389 e. The number of fused-ring (bicyclic) bond motifs is 1. The molecule has 1 aromatic heterocycles. The summed E-state index contributed by atoms with van der Waals surface area (Å²) in [5.74, 6) is 0. The predicted octanol–water partition coefficient (Wildman–Crippen LogP) is 2.93. The number of piperidine rings is 1. The molecule has 94 valence electrons. The number of rotatable bonds is 2. The Kier molecular flexibility index (Phi) is 3.20. The van der Waals surface area contributed by atoms with E-state index in [1.807, 2.05) is 12.1 Å². The van der Waals surface area contributed by atoms with Gasteiger partial charge in [-0.1, -0.05) is 11.6 Å². The summed E-state index contributed by atoms with van der Waals surface area (Å²) in [6.07, 6.45) is 5.16. The van der Waals surface area contributed by atoms with Gasteiger partial charge in [0.05, 0.1) is 9.94 Å². The zero-order valence-corrected chi connectivity index (χ0v) is 11.4. The molecule has 0 aromatic carbocycles. The zero-order valence-electron chi connectivity index (χ0n) is 9.86. The molecule has 1 aromatic rings. The molecular weight excluding hydrogens is 254 g/mol. The number of thiophene rings is 1. The van der Waals surface area contributed by atoms with Gasteiger partial charge in [0.1, 0.15) is 0 Å². The molecule has 0 saturated carbocycles. The van der Waals surface area contributed by atoms with Gasteiger partial charge in [-0.3, -0.25) is 0 Å². The summed E-state index contributed by atoms with van der Waals surface area (Å²) in [5.41, 5.74) is -0.500. The second-order valence-electron chi connectivity index (χ2n) is 5.39. The van der Waals surface area contributed by atoms with E-state index in [-0.39, 0.29) is 0 Å². The van der Waals surface area contributed by atoms with Crippen molar-refractivity contribution in [2.24, 2.45) is 0 Å². The molecule has 0 amide bonds. The van der Waals surface area contributed by atoms with E-state index in [0.29, 0.717) is 6.04 Å². The second kappa shape index (κ2) is 4.54. The standard InChI is InChI=1S/C13H18ClNOS/c14-12-4-3-11(17-12)9-13(16)5-7-15-6-1-2-10(15)8-13/h3-4,10,16H,1-2,5-9H2. The highest BCUT2D eigenvalue weighted by atomic mass is 35.5. The van der Waals surface area contributed by atoms with Crippen molar-refractivity contribution in [1.82, 2.24) is 4.90 Å². The van der Waals surface area contributed by atoms with E-state index in [1.54, 1.807) is 11.3 Å². The van der Waals surface area contributed by atoms with Crippen molar-refractivity contribution in [3.8, 4) is 0 Å². The molecule has 2 fully saturated rings. The van der Waals surface area contributed by atoms with Crippen molar-refractivity contribution in [3.05, 3.63) is 21.3 Å². The molecule has 3 rings (SSSR count). The van der Waals surface area contributed by atoms with Crippen LogP contribution >= 0.6 is 22.9 Å². The average Bonchev–Trinajstić information content (AvgIpc) is 2.86. The molecule has 1 N–H and O–H groups in total. The SMILES string of the molecule is OC1(Cc2ccc(Cl)s2)CCN2CCCC2C1. The Bertz CT molecular complexity index is 408. The molecule has 17 heavy (non-hydrogen) atoms. The van der Waals surface area contributed by atoms with Gasteiger partial charge in [0.2, 0.25) is 0 Å². The van der Waals surface area contributed by atoms with Crippen LogP contribution in [0.25, 0.3) is 0 Å². The first-order valence-electron chi connectivity index (χ1n) is 6.35. The summed E-state index contributed by atoms with van der Waals surface area (Å²) < 4.78 is 0.821. The maximum atomic E-state index is 10.7. The van der Waals surface area contributed by atoms with Gasteiger partial charge < -0.3 is 10.0 Å². The Morgan fingerprint density at radius 3 is 3.12 bits per heavy atom. The quantitative estimate of drug-likeness (QED) is 0.894. The molecule has 2 nitrogen and oxygen atoms in total. The second-order valence-corrected chi connectivity index (χ2v) is 7.19. The van der Waals surface area contributed by atoms with E-state index in [9.17, 15) is 5.11 Å². The highest BCUT2D eigenvalue weighted by Crippen LogP contribution is 2.36. The lowest BCUT2D eigenvalue weighted by atomic mass is 9.83. The highest BCUT2D eigenvalue weighted by molar-refractivity contribution is 7.16. The summed E-state index contributed by atoms with van der Waals surface area (Å²) in [5, 5.41) is 10.7. The van der Waals surface area contributed by atoms with Crippen molar-refractivity contribution in [1.29, 1.82) is 0 Å². The first-order chi connectivity index (χ1) is 8.15. The lowest BCUT2D eigenvalue weighted by molar-refractivity contribution is -0.0348. The first kappa shape index (κ1) is 12.0. The van der Waals surface area contributed by atoms with Gasteiger partial charge >= 0.3 is 0 Å². The summed E-state index contributed by atoms with van der Waals surface area (Å²) in [4.78, 5) is 3.75. The van der Waals surface area contributed by atoms with Crippen molar-refractivity contribution < 1.29 is 5.11 Å². The van der Waals surface area contributed by atoms with Crippen molar-refractivity contribution in [2.75, 3.05) is 13.1 Å². The van der Waals surface area contributed by atoms with Gasteiger partial charge in [0, 0.05) is 23.9 Å². The fourth-order valence-corrected chi connectivity index (χ4v) is 4.47. The van der Waals surface area contributed by atoms with Crippen molar-refractivity contribution in [3.63, 3.8) is 0 Å². The molecule has 2 atom stereocenters. The Morgan fingerprint density at radius 1 is 1.47 bits per heavy atom. The minimum atomic E-state index is -0.500. The van der Waals surface area contributed by atoms with Crippen LogP contribution in [0.1, 0.15) is 30.6 Å². The average molecular weight is 272 g/mol. The normalized spacial score (nSPS) is 33.9. The molecule has 2 unspecified atom stereocenters. The van der Waals surface area contributed by atoms with Gasteiger partial charge in [-0.15, -0.1) is 11.3 Å². The summed E-state index contributed by atoms with van der Waals surface area (Å²) in [6.45, 7) is 2.28. The largest absolute Gasteiger partial charge is 0.389 e. The Morgan fingerprint density at radius 2 is 2.35 bits per heavy atom. The molecule has 4 heteroatoms. The number of hydrogen-bond donors (Lipinski definition) is 1. The molecule has 3 heterocycles. The van der Waals surface area contributed by atoms with Crippen LogP contribution in [0, 0.1) is 0 Å². The van der Waals surface area contributed by atoms with Crippen LogP contribution < -0.4 is 0 Å². The van der Waals surface area contributed by atoms with Crippen molar-refractivity contribution in [2.45, 2.75) is 43.7 Å². The zero-order chi connectivity index (χ0) is 11.9. The van der Waals surface area contributed by atoms with Crippen LogP contribution in [0.4, 0.5) is 0 Å².